The van der Waals surface area contributed by atoms with Gasteiger partial charge in [-0.2, -0.15) is 5.10 Å². The number of likely N-dealkylation sites (tertiary alicyclic amines) is 1. The fraction of sp³-hybridized carbons (Fsp3) is 0.381. The predicted molar refractivity (Wildman–Crippen MR) is 109 cm³/mol. The lowest BCUT2D eigenvalue weighted by Crippen LogP contribution is -2.27. The molecule has 0 aromatic carbocycles. The molecule has 30 heavy (non-hydrogen) atoms. The van der Waals surface area contributed by atoms with Gasteiger partial charge in [-0.1, -0.05) is 0 Å². The number of ether oxygens (including phenoxy) is 1. The number of nitrogens with zero attached hydrogens (tertiary/aromatic N) is 4. The Labute approximate surface area is 173 Å². The highest BCUT2D eigenvalue weighted by Crippen LogP contribution is 2.22. The summed E-state index contributed by atoms with van der Waals surface area (Å²) in [4.78, 5) is 46.6. The smallest absolute Gasteiger partial charge is 0.339 e. The minimum atomic E-state index is -0.612. The fourth-order valence-electron chi connectivity index (χ4n) is 3.79. The number of ketones is 1. The van der Waals surface area contributed by atoms with Crippen molar-refractivity contribution in [2.45, 2.75) is 26.7 Å². The van der Waals surface area contributed by atoms with E-state index in [1.54, 1.807) is 36.5 Å². The van der Waals surface area contributed by atoms with Gasteiger partial charge in [0.15, 0.2) is 12.3 Å². The first kappa shape index (κ1) is 19.8. The first-order chi connectivity index (χ1) is 14.3. The topological polar surface area (TPSA) is 110 Å². The first-order valence-electron chi connectivity index (χ1n) is 9.84. The summed E-state index contributed by atoms with van der Waals surface area (Å²) in [5, 5.41) is 4.92. The third-order valence-corrected chi connectivity index (χ3v) is 5.28. The number of amides is 1. The molecule has 4 rings (SSSR count). The van der Waals surface area contributed by atoms with Crippen LogP contribution < -0.4 is 0 Å². The van der Waals surface area contributed by atoms with Crippen molar-refractivity contribution in [2.75, 3.05) is 19.7 Å². The molecule has 0 radical (unpaired) electrons. The summed E-state index contributed by atoms with van der Waals surface area (Å²) >= 11 is 0. The zero-order valence-corrected chi connectivity index (χ0v) is 17.2. The molecule has 1 aliphatic heterocycles. The lowest BCUT2D eigenvalue weighted by Gasteiger charge is -2.13. The Morgan fingerprint density at radius 1 is 1.17 bits per heavy atom. The summed E-state index contributed by atoms with van der Waals surface area (Å²) in [7, 11) is 1.76. The minimum Gasteiger partial charge on any atom is -0.454 e. The number of nitrogens with one attached hydrogen (secondary N) is 1. The van der Waals surface area contributed by atoms with Crippen LogP contribution in [0.2, 0.25) is 0 Å². The lowest BCUT2D eigenvalue weighted by atomic mass is 10.1. The maximum absolute atomic E-state index is 12.7. The van der Waals surface area contributed by atoms with Crippen LogP contribution in [0.4, 0.5) is 0 Å². The number of carbonyl (C=O) groups excluding carboxylic acids is 3. The van der Waals surface area contributed by atoms with Gasteiger partial charge in [-0.25, -0.2) is 9.78 Å². The summed E-state index contributed by atoms with van der Waals surface area (Å²) in [5.41, 5.74) is 2.90. The Bertz CT molecular complexity index is 1150. The van der Waals surface area contributed by atoms with E-state index in [-0.39, 0.29) is 11.7 Å². The fourth-order valence-corrected chi connectivity index (χ4v) is 3.79. The van der Waals surface area contributed by atoms with Gasteiger partial charge in [0.1, 0.15) is 5.69 Å². The molecule has 3 aromatic rings. The van der Waals surface area contributed by atoms with E-state index in [2.05, 4.69) is 15.1 Å². The van der Waals surface area contributed by atoms with Gasteiger partial charge >= 0.3 is 5.97 Å². The maximum atomic E-state index is 12.7. The number of aryl methyl sites for hydroxylation is 3. The molecule has 3 aromatic heterocycles. The van der Waals surface area contributed by atoms with Crippen molar-refractivity contribution in [3.05, 3.63) is 46.5 Å². The first-order valence-corrected chi connectivity index (χ1v) is 9.84. The van der Waals surface area contributed by atoms with Crippen LogP contribution in [0.15, 0.2) is 18.3 Å². The lowest BCUT2D eigenvalue weighted by molar-refractivity contribution is 0.0476. The van der Waals surface area contributed by atoms with Crippen molar-refractivity contribution in [3.8, 4) is 0 Å². The molecule has 9 heteroatoms. The zero-order valence-electron chi connectivity index (χ0n) is 17.2. The van der Waals surface area contributed by atoms with Crippen molar-refractivity contribution in [3.63, 3.8) is 0 Å². The molecule has 9 nitrogen and oxygen atoms in total. The molecule has 0 spiro atoms. The Morgan fingerprint density at radius 3 is 2.63 bits per heavy atom. The molecule has 1 fully saturated rings. The molecule has 1 saturated heterocycles. The number of fused-ring (bicyclic) bond motifs is 1. The number of hydrogen-bond donors (Lipinski definition) is 1. The average Bonchev–Trinajstić information content (AvgIpc) is 3.46. The SMILES string of the molecule is Cc1cc(C(=O)OCC(=O)c2c[nH]c(C(=O)N3CCCC3)c2)c2c(C)nn(C)c2n1. The van der Waals surface area contributed by atoms with Gasteiger partial charge in [0.2, 0.25) is 5.78 Å². The second kappa shape index (κ2) is 7.74. The van der Waals surface area contributed by atoms with Gasteiger partial charge in [0.05, 0.1) is 16.6 Å². The quantitative estimate of drug-likeness (QED) is 0.511. The Hall–Kier alpha value is -3.49. The van der Waals surface area contributed by atoms with Crippen LogP contribution in [-0.4, -0.2) is 62.0 Å². The number of aromatic amines is 1. The van der Waals surface area contributed by atoms with Crippen LogP contribution in [0.3, 0.4) is 0 Å². The molecule has 156 valence electrons. The number of carbonyl (C=O) groups is 3. The average molecular weight is 409 g/mol. The van der Waals surface area contributed by atoms with Gasteiger partial charge in [-0.05, 0) is 38.8 Å². The van der Waals surface area contributed by atoms with E-state index in [0.29, 0.717) is 39.2 Å². The number of rotatable bonds is 5. The highest BCUT2D eigenvalue weighted by molar-refractivity contribution is 6.06. The molecule has 4 heterocycles. The van der Waals surface area contributed by atoms with E-state index in [0.717, 1.165) is 25.9 Å². The number of Topliss-reactive ketones (excluding diaryl/α,β-unsaturated/α-hetero) is 1. The summed E-state index contributed by atoms with van der Waals surface area (Å²) in [6.45, 7) is 4.61. The van der Waals surface area contributed by atoms with Crippen molar-refractivity contribution in [1.29, 1.82) is 0 Å². The minimum absolute atomic E-state index is 0.120. The van der Waals surface area contributed by atoms with Gasteiger partial charge in [-0.3, -0.25) is 14.3 Å². The second-order valence-corrected chi connectivity index (χ2v) is 7.52. The molecule has 1 amide bonds. The van der Waals surface area contributed by atoms with Crippen LogP contribution in [-0.2, 0) is 11.8 Å². The molecule has 0 bridgehead atoms. The molecule has 0 atom stereocenters. The number of esters is 1. The van der Waals surface area contributed by atoms with Crippen LogP contribution in [0.25, 0.3) is 11.0 Å². The molecule has 0 aliphatic carbocycles. The van der Waals surface area contributed by atoms with E-state index >= 15 is 0 Å². The number of hydrogen-bond acceptors (Lipinski definition) is 6. The molecular weight excluding hydrogens is 386 g/mol. The van der Waals surface area contributed by atoms with Gasteiger partial charge in [0.25, 0.3) is 5.91 Å². The molecule has 1 N–H and O–H groups in total. The highest BCUT2D eigenvalue weighted by Gasteiger charge is 2.23. The highest BCUT2D eigenvalue weighted by atomic mass is 16.5. The van der Waals surface area contributed by atoms with Crippen LogP contribution in [0.1, 0.15) is 55.4 Å². The predicted octanol–water partition coefficient (Wildman–Crippen LogP) is 2.19. The van der Waals surface area contributed by atoms with Crippen LogP contribution in [0, 0.1) is 13.8 Å². The summed E-state index contributed by atoms with van der Waals surface area (Å²) in [5.74, 6) is -1.12. The zero-order chi connectivity index (χ0) is 21.4. The van der Waals surface area contributed by atoms with Gasteiger partial charge < -0.3 is 14.6 Å². The Kier molecular flexibility index (Phi) is 5.11. The standard InChI is InChI=1S/C21H23N5O4/c1-12-8-15(18-13(2)24-25(3)19(18)23-12)21(29)30-11-17(27)14-9-16(22-10-14)20(28)26-6-4-5-7-26/h8-10,22H,4-7,11H2,1-3H3. The maximum Gasteiger partial charge on any atom is 0.339 e. The number of aromatic nitrogens is 4. The van der Waals surface area contributed by atoms with Crippen LogP contribution in [0.5, 0.6) is 0 Å². The van der Waals surface area contributed by atoms with Crippen molar-refractivity contribution in [1.82, 2.24) is 24.6 Å². The van der Waals surface area contributed by atoms with Crippen molar-refractivity contribution in [2.24, 2.45) is 7.05 Å². The van der Waals surface area contributed by atoms with E-state index in [9.17, 15) is 14.4 Å². The number of pyridine rings is 1. The van der Waals surface area contributed by atoms with Gasteiger partial charge in [-0.15, -0.1) is 0 Å². The molecular formula is C21H23N5O4. The van der Waals surface area contributed by atoms with E-state index in [1.165, 1.54) is 12.3 Å². The Morgan fingerprint density at radius 2 is 1.90 bits per heavy atom. The second-order valence-electron chi connectivity index (χ2n) is 7.52. The molecule has 0 unspecified atom stereocenters. The Balaban J connectivity index is 1.46. The largest absolute Gasteiger partial charge is 0.454 e. The van der Waals surface area contributed by atoms with Gasteiger partial charge in [0, 0.05) is 37.6 Å². The molecule has 1 aliphatic rings. The molecule has 0 saturated carbocycles. The third-order valence-electron chi connectivity index (χ3n) is 5.28. The van der Waals surface area contributed by atoms with E-state index in [4.69, 9.17) is 4.74 Å². The van der Waals surface area contributed by atoms with Crippen molar-refractivity contribution < 1.29 is 19.1 Å². The summed E-state index contributed by atoms with van der Waals surface area (Å²) in [6.07, 6.45) is 3.46. The van der Waals surface area contributed by atoms with E-state index in [1.807, 2.05) is 0 Å². The third kappa shape index (κ3) is 3.58. The van der Waals surface area contributed by atoms with E-state index < -0.39 is 12.6 Å². The number of H-pyrrole nitrogens is 1. The van der Waals surface area contributed by atoms with Crippen molar-refractivity contribution >= 4 is 28.7 Å². The monoisotopic (exact) mass is 409 g/mol. The summed E-state index contributed by atoms with van der Waals surface area (Å²) in [6, 6.07) is 3.14. The summed E-state index contributed by atoms with van der Waals surface area (Å²) < 4.78 is 6.89. The van der Waals surface area contributed by atoms with Crippen LogP contribution >= 0.6 is 0 Å². The normalized spacial score (nSPS) is 13.8.